The van der Waals surface area contributed by atoms with Gasteiger partial charge in [-0.05, 0) is 25.0 Å². The number of piperazine rings is 1. The third-order valence-electron chi connectivity index (χ3n) is 3.76. The van der Waals surface area contributed by atoms with Crippen LogP contribution in [0.3, 0.4) is 0 Å². The van der Waals surface area contributed by atoms with Gasteiger partial charge in [-0.15, -0.1) is 0 Å². The van der Waals surface area contributed by atoms with Gasteiger partial charge in [0, 0.05) is 25.7 Å². The molecule has 1 aliphatic rings. The fraction of sp³-hybridized carbons (Fsp3) is 0.562. The van der Waals surface area contributed by atoms with Crippen molar-refractivity contribution in [3.63, 3.8) is 0 Å². The van der Waals surface area contributed by atoms with Crippen LogP contribution in [0, 0.1) is 12.8 Å². The second-order valence-corrected chi connectivity index (χ2v) is 5.70. The molecule has 4 heteroatoms. The predicted molar refractivity (Wildman–Crippen MR) is 79.9 cm³/mol. The Morgan fingerprint density at radius 2 is 2.10 bits per heavy atom. The summed E-state index contributed by atoms with van der Waals surface area (Å²) >= 11 is 0. The molecule has 0 radical (unpaired) electrons. The maximum atomic E-state index is 12.3. The van der Waals surface area contributed by atoms with Crippen molar-refractivity contribution in [2.45, 2.75) is 26.8 Å². The van der Waals surface area contributed by atoms with Crippen molar-refractivity contribution in [2.75, 3.05) is 26.2 Å². The highest BCUT2D eigenvalue weighted by Gasteiger charge is 2.28. The largest absolute Gasteiger partial charge is 0.484 e. The molecule has 1 atom stereocenters. The van der Waals surface area contributed by atoms with Gasteiger partial charge < -0.3 is 15.0 Å². The van der Waals surface area contributed by atoms with Crippen LogP contribution < -0.4 is 10.1 Å². The van der Waals surface area contributed by atoms with Crippen molar-refractivity contribution >= 4 is 5.91 Å². The molecule has 1 saturated heterocycles. The van der Waals surface area contributed by atoms with Crippen molar-refractivity contribution in [2.24, 2.45) is 5.92 Å². The molecule has 2 rings (SSSR count). The lowest BCUT2D eigenvalue weighted by Gasteiger charge is -2.38. The molecule has 1 N–H and O–H groups in total. The van der Waals surface area contributed by atoms with Gasteiger partial charge in [-0.3, -0.25) is 4.79 Å². The van der Waals surface area contributed by atoms with Crippen LogP contribution in [-0.4, -0.2) is 43.1 Å². The molecule has 110 valence electrons. The molecule has 0 aliphatic carbocycles. The van der Waals surface area contributed by atoms with Gasteiger partial charge in [-0.2, -0.15) is 0 Å². The molecule has 0 spiro atoms. The first-order chi connectivity index (χ1) is 9.58. The van der Waals surface area contributed by atoms with Crippen molar-refractivity contribution in [1.29, 1.82) is 0 Å². The molecule has 0 aromatic heterocycles. The van der Waals surface area contributed by atoms with E-state index in [4.69, 9.17) is 4.74 Å². The number of hydrogen-bond acceptors (Lipinski definition) is 3. The van der Waals surface area contributed by atoms with Crippen molar-refractivity contribution in [3.8, 4) is 5.75 Å². The minimum absolute atomic E-state index is 0.0748. The first-order valence-electron chi connectivity index (χ1n) is 7.27. The summed E-state index contributed by atoms with van der Waals surface area (Å²) in [5.41, 5.74) is 1.19. The second-order valence-electron chi connectivity index (χ2n) is 5.70. The van der Waals surface area contributed by atoms with E-state index in [1.807, 2.05) is 36.1 Å². The number of carbonyl (C=O) groups excluding carboxylic acids is 1. The van der Waals surface area contributed by atoms with Crippen molar-refractivity contribution in [3.05, 3.63) is 29.8 Å². The second kappa shape index (κ2) is 6.75. The molecule has 1 heterocycles. The van der Waals surface area contributed by atoms with Crippen LogP contribution in [0.25, 0.3) is 0 Å². The highest BCUT2D eigenvalue weighted by Crippen LogP contribution is 2.15. The Morgan fingerprint density at radius 3 is 2.75 bits per heavy atom. The normalized spacial score (nSPS) is 19.2. The maximum absolute atomic E-state index is 12.3. The third-order valence-corrected chi connectivity index (χ3v) is 3.76. The lowest BCUT2D eigenvalue weighted by Crippen LogP contribution is -2.56. The van der Waals surface area contributed by atoms with Crippen LogP contribution in [0.5, 0.6) is 5.75 Å². The number of rotatable bonds is 4. The number of ether oxygens (including phenoxy) is 1. The van der Waals surface area contributed by atoms with Gasteiger partial charge >= 0.3 is 0 Å². The zero-order valence-electron chi connectivity index (χ0n) is 12.6. The minimum Gasteiger partial charge on any atom is -0.484 e. The molecule has 20 heavy (non-hydrogen) atoms. The average molecular weight is 276 g/mol. The Kier molecular flexibility index (Phi) is 5.01. The number of hydrogen-bond donors (Lipinski definition) is 1. The Balaban J connectivity index is 1.91. The van der Waals surface area contributed by atoms with E-state index in [-0.39, 0.29) is 18.6 Å². The fourth-order valence-electron chi connectivity index (χ4n) is 2.49. The number of carbonyl (C=O) groups is 1. The summed E-state index contributed by atoms with van der Waals surface area (Å²) in [5, 5.41) is 3.35. The van der Waals surface area contributed by atoms with Crippen LogP contribution in [0.15, 0.2) is 24.3 Å². The number of nitrogens with zero attached hydrogens (tertiary/aromatic N) is 1. The molecule has 4 nitrogen and oxygen atoms in total. The summed E-state index contributed by atoms with van der Waals surface area (Å²) in [5.74, 6) is 1.28. The monoisotopic (exact) mass is 276 g/mol. The van der Waals surface area contributed by atoms with Gasteiger partial charge in [0.15, 0.2) is 6.61 Å². The number of aryl methyl sites for hydroxylation is 1. The van der Waals surface area contributed by atoms with E-state index in [1.54, 1.807) is 0 Å². The molecular weight excluding hydrogens is 252 g/mol. The molecule has 1 aliphatic heterocycles. The predicted octanol–water partition coefficient (Wildman–Crippen LogP) is 1.83. The van der Waals surface area contributed by atoms with Crippen LogP contribution >= 0.6 is 0 Å². The molecule has 1 aromatic carbocycles. The maximum Gasteiger partial charge on any atom is 0.260 e. The van der Waals surface area contributed by atoms with Crippen molar-refractivity contribution < 1.29 is 9.53 Å². The molecule has 1 aromatic rings. The van der Waals surface area contributed by atoms with Crippen LogP contribution in [0.2, 0.25) is 0 Å². The first kappa shape index (κ1) is 14.9. The topological polar surface area (TPSA) is 41.6 Å². The van der Waals surface area contributed by atoms with E-state index < -0.39 is 0 Å². The Bertz CT molecular complexity index is 442. The number of nitrogens with one attached hydrogen (secondary N) is 1. The summed E-state index contributed by atoms with van der Waals surface area (Å²) in [6, 6.07) is 8.04. The Morgan fingerprint density at radius 1 is 1.40 bits per heavy atom. The van der Waals surface area contributed by atoms with E-state index >= 15 is 0 Å². The van der Waals surface area contributed by atoms with Gasteiger partial charge in [0.1, 0.15) is 5.75 Å². The summed E-state index contributed by atoms with van der Waals surface area (Å²) in [6.45, 7) is 8.94. The van der Waals surface area contributed by atoms with Gasteiger partial charge in [0.2, 0.25) is 0 Å². The van der Waals surface area contributed by atoms with Crippen LogP contribution in [0.4, 0.5) is 0 Å². The van der Waals surface area contributed by atoms with Gasteiger partial charge in [-0.1, -0.05) is 31.5 Å². The van der Waals surface area contributed by atoms with E-state index in [9.17, 15) is 4.79 Å². The third kappa shape index (κ3) is 3.73. The fourth-order valence-corrected chi connectivity index (χ4v) is 2.49. The molecule has 1 fully saturated rings. The quantitative estimate of drug-likeness (QED) is 0.912. The Hall–Kier alpha value is -1.55. The zero-order chi connectivity index (χ0) is 14.5. The number of amides is 1. The summed E-state index contributed by atoms with van der Waals surface area (Å²) in [6.07, 6.45) is 0. The number of benzene rings is 1. The van der Waals surface area contributed by atoms with Gasteiger partial charge in [0.05, 0.1) is 0 Å². The minimum atomic E-state index is 0.0748. The summed E-state index contributed by atoms with van der Waals surface area (Å²) in [7, 11) is 0. The lowest BCUT2D eigenvalue weighted by atomic mass is 10.0. The summed E-state index contributed by atoms with van der Waals surface area (Å²) < 4.78 is 5.59. The highest BCUT2D eigenvalue weighted by atomic mass is 16.5. The standard InChI is InChI=1S/C16H24N2O2/c1-12(2)15-10-17-8-9-18(15)16(19)11-20-14-6-4-13(3)5-7-14/h4-7,12,15,17H,8-11H2,1-3H3. The zero-order valence-corrected chi connectivity index (χ0v) is 12.6. The van der Waals surface area contributed by atoms with E-state index in [0.29, 0.717) is 5.92 Å². The first-order valence-corrected chi connectivity index (χ1v) is 7.27. The SMILES string of the molecule is Cc1ccc(OCC(=O)N2CCNCC2C(C)C)cc1. The average Bonchev–Trinajstić information content (AvgIpc) is 2.46. The van der Waals surface area contributed by atoms with Gasteiger partial charge in [0.25, 0.3) is 5.91 Å². The highest BCUT2D eigenvalue weighted by molar-refractivity contribution is 5.78. The smallest absolute Gasteiger partial charge is 0.260 e. The Labute approximate surface area is 121 Å². The lowest BCUT2D eigenvalue weighted by molar-refractivity contribution is -0.137. The molecule has 0 bridgehead atoms. The van der Waals surface area contributed by atoms with Crippen LogP contribution in [-0.2, 0) is 4.79 Å². The van der Waals surface area contributed by atoms with Crippen LogP contribution in [0.1, 0.15) is 19.4 Å². The molecular formula is C16H24N2O2. The van der Waals surface area contributed by atoms with Crippen molar-refractivity contribution in [1.82, 2.24) is 10.2 Å². The summed E-state index contributed by atoms with van der Waals surface area (Å²) in [4.78, 5) is 14.3. The molecule has 0 saturated carbocycles. The van der Waals surface area contributed by atoms with Gasteiger partial charge in [-0.25, -0.2) is 0 Å². The molecule has 1 amide bonds. The molecule has 1 unspecified atom stereocenters. The van der Waals surface area contributed by atoms with E-state index in [1.165, 1.54) is 5.56 Å². The van der Waals surface area contributed by atoms with E-state index in [0.717, 1.165) is 25.4 Å². The van der Waals surface area contributed by atoms with E-state index in [2.05, 4.69) is 19.2 Å².